The fourth-order valence-electron chi connectivity index (χ4n) is 3.68. The highest BCUT2D eigenvalue weighted by atomic mass is 16.5. The van der Waals surface area contributed by atoms with Gasteiger partial charge in [-0.25, -0.2) is 0 Å². The second-order valence-electron chi connectivity index (χ2n) is 7.89. The van der Waals surface area contributed by atoms with Crippen molar-refractivity contribution >= 4 is 5.96 Å². The third kappa shape index (κ3) is 4.95. The van der Waals surface area contributed by atoms with Gasteiger partial charge in [-0.3, -0.25) is 9.89 Å². The van der Waals surface area contributed by atoms with Crippen molar-refractivity contribution in [1.29, 1.82) is 0 Å². The maximum atomic E-state index is 5.46. The molecule has 0 bridgehead atoms. The lowest BCUT2D eigenvalue weighted by molar-refractivity contribution is 0.0341. The van der Waals surface area contributed by atoms with Crippen LogP contribution < -0.4 is 5.32 Å². The Balaban J connectivity index is 1.60. The molecule has 5 nitrogen and oxygen atoms in total. The van der Waals surface area contributed by atoms with E-state index in [0.717, 1.165) is 58.4 Å². The van der Waals surface area contributed by atoms with E-state index in [1.54, 1.807) is 0 Å². The van der Waals surface area contributed by atoms with Crippen molar-refractivity contribution in [3.8, 4) is 0 Å². The predicted octanol–water partition coefficient (Wildman–Crippen LogP) is 2.33. The number of hydrogen-bond acceptors (Lipinski definition) is 3. The van der Waals surface area contributed by atoms with E-state index < -0.39 is 0 Å². The molecular formula is C20H32N4O. The highest BCUT2D eigenvalue weighted by Crippen LogP contribution is 2.28. The summed E-state index contributed by atoms with van der Waals surface area (Å²) in [4.78, 5) is 9.35. The smallest absolute Gasteiger partial charge is 0.193 e. The SMILES string of the molecule is CN=C(NCc1ccccc1CN1CCOCC1)N1CCC(C)(C)C1. The van der Waals surface area contributed by atoms with E-state index in [4.69, 9.17) is 4.74 Å². The molecule has 0 atom stereocenters. The molecule has 5 heteroatoms. The Morgan fingerprint density at radius 2 is 1.88 bits per heavy atom. The first-order chi connectivity index (χ1) is 12.1. The van der Waals surface area contributed by atoms with Gasteiger partial charge in [-0.05, 0) is 23.0 Å². The largest absolute Gasteiger partial charge is 0.379 e. The molecular weight excluding hydrogens is 312 g/mol. The summed E-state index contributed by atoms with van der Waals surface area (Å²) in [6.45, 7) is 12.4. The maximum Gasteiger partial charge on any atom is 0.193 e. The summed E-state index contributed by atoms with van der Waals surface area (Å²) in [5.74, 6) is 1.02. The van der Waals surface area contributed by atoms with Crippen LogP contribution in [-0.2, 0) is 17.8 Å². The first-order valence-corrected chi connectivity index (χ1v) is 9.40. The normalized spacial score (nSPS) is 21.6. The Morgan fingerprint density at radius 3 is 2.52 bits per heavy atom. The molecule has 0 unspecified atom stereocenters. The summed E-state index contributed by atoms with van der Waals surface area (Å²) >= 11 is 0. The molecule has 2 aliphatic rings. The lowest BCUT2D eigenvalue weighted by Gasteiger charge is -2.28. The number of ether oxygens (including phenoxy) is 1. The van der Waals surface area contributed by atoms with Crippen LogP contribution in [0.5, 0.6) is 0 Å². The van der Waals surface area contributed by atoms with E-state index in [-0.39, 0.29) is 0 Å². The van der Waals surface area contributed by atoms with Crippen molar-refractivity contribution in [3.63, 3.8) is 0 Å². The van der Waals surface area contributed by atoms with Gasteiger partial charge in [0.05, 0.1) is 13.2 Å². The van der Waals surface area contributed by atoms with Crippen LogP contribution in [0.15, 0.2) is 29.3 Å². The van der Waals surface area contributed by atoms with Crippen molar-refractivity contribution in [2.45, 2.75) is 33.4 Å². The Kier molecular flexibility index (Phi) is 5.97. The fourth-order valence-corrected chi connectivity index (χ4v) is 3.68. The van der Waals surface area contributed by atoms with Gasteiger partial charge in [-0.2, -0.15) is 0 Å². The average Bonchev–Trinajstić information content (AvgIpc) is 2.97. The highest BCUT2D eigenvalue weighted by Gasteiger charge is 2.30. The molecule has 0 aromatic heterocycles. The van der Waals surface area contributed by atoms with E-state index in [2.05, 4.69) is 58.2 Å². The Labute approximate surface area is 152 Å². The third-order valence-electron chi connectivity index (χ3n) is 5.24. The molecule has 1 N–H and O–H groups in total. The average molecular weight is 345 g/mol. The van der Waals surface area contributed by atoms with Gasteiger partial charge in [0.2, 0.25) is 0 Å². The second kappa shape index (κ2) is 8.19. The van der Waals surface area contributed by atoms with Gasteiger partial charge in [0.15, 0.2) is 5.96 Å². The monoisotopic (exact) mass is 344 g/mol. The van der Waals surface area contributed by atoms with Gasteiger partial charge in [0, 0.05) is 46.3 Å². The van der Waals surface area contributed by atoms with Gasteiger partial charge in [0.25, 0.3) is 0 Å². The zero-order valence-electron chi connectivity index (χ0n) is 15.9. The minimum Gasteiger partial charge on any atom is -0.379 e. The minimum absolute atomic E-state index is 0.381. The third-order valence-corrected chi connectivity index (χ3v) is 5.24. The van der Waals surface area contributed by atoms with Gasteiger partial charge >= 0.3 is 0 Å². The van der Waals surface area contributed by atoms with Crippen LogP contribution in [0, 0.1) is 5.41 Å². The summed E-state index contributed by atoms with van der Waals surface area (Å²) in [6, 6.07) is 8.73. The molecule has 0 spiro atoms. The number of rotatable bonds is 4. The molecule has 1 aromatic rings. The standard InChI is InChI=1S/C20H32N4O/c1-20(2)8-9-24(16-20)19(21-3)22-14-17-6-4-5-7-18(17)15-23-10-12-25-13-11-23/h4-7H,8-16H2,1-3H3,(H,21,22). The fraction of sp³-hybridized carbons (Fsp3) is 0.650. The molecule has 0 radical (unpaired) electrons. The number of likely N-dealkylation sites (tertiary alicyclic amines) is 1. The quantitative estimate of drug-likeness (QED) is 0.672. The molecule has 2 saturated heterocycles. The van der Waals surface area contributed by atoms with Crippen molar-refractivity contribution in [3.05, 3.63) is 35.4 Å². The number of nitrogens with one attached hydrogen (secondary N) is 1. The van der Waals surface area contributed by atoms with Crippen LogP contribution in [0.2, 0.25) is 0 Å². The molecule has 0 amide bonds. The van der Waals surface area contributed by atoms with Gasteiger partial charge in [-0.1, -0.05) is 38.1 Å². The van der Waals surface area contributed by atoms with Crippen LogP contribution >= 0.6 is 0 Å². The summed E-state index contributed by atoms with van der Waals surface area (Å²) in [6.07, 6.45) is 1.22. The highest BCUT2D eigenvalue weighted by molar-refractivity contribution is 5.80. The van der Waals surface area contributed by atoms with E-state index in [1.165, 1.54) is 17.5 Å². The molecule has 138 valence electrons. The van der Waals surface area contributed by atoms with E-state index >= 15 is 0 Å². The Hall–Kier alpha value is -1.59. The van der Waals surface area contributed by atoms with Crippen LogP contribution in [0.25, 0.3) is 0 Å². The molecule has 0 saturated carbocycles. The predicted molar refractivity (Wildman–Crippen MR) is 103 cm³/mol. The van der Waals surface area contributed by atoms with E-state index in [0.29, 0.717) is 5.41 Å². The lowest BCUT2D eigenvalue weighted by Crippen LogP contribution is -2.40. The molecule has 25 heavy (non-hydrogen) atoms. The summed E-state index contributed by atoms with van der Waals surface area (Å²) in [5, 5.41) is 3.58. The molecule has 2 heterocycles. The number of morpholine rings is 1. The van der Waals surface area contributed by atoms with Crippen molar-refractivity contribution < 1.29 is 4.74 Å². The topological polar surface area (TPSA) is 40.1 Å². The van der Waals surface area contributed by atoms with E-state index in [1.807, 2.05) is 7.05 Å². The molecule has 1 aromatic carbocycles. The Morgan fingerprint density at radius 1 is 1.16 bits per heavy atom. The lowest BCUT2D eigenvalue weighted by atomic mass is 9.93. The maximum absolute atomic E-state index is 5.46. The number of aliphatic imine (C=N–C) groups is 1. The second-order valence-corrected chi connectivity index (χ2v) is 7.89. The van der Waals surface area contributed by atoms with Crippen molar-refractivity contribution in [2.75, 3.05) is 46.4 Å². The van der Waals surface area contributed by atoms with E-state index in [9.17, 15) is 0 Å². The summed E-state index contributed by atoms with van der Waals surface area (Å²) < 4.78 is 5.46. The molecule has 2 fully saturated rings. The first-order valence-electron chi connectivity index (χ1n) is 9.40. The minimum atomic E-state index is 0.381. The van der Waals surface area contributed by atoms with Gasteiger partial charge in [0.1, 0.15) is 0 Å². The van der Waals surface area contributed by atoms with Crippen molar-refractivity contribution in [1.82, 2.24) is 15.1 Å². The van der Waals surface area contributed by atoms with Crippen LogP contribution in [0.4, 0.5) is 0 Å². The zero-order chi connectivity index (χ0) is 17.7. The molecule has 0 aliphatic carbocycles. The summed E-state index contributed by atoms with van der Waals surface area (Å²) in [7, 11) is 1.88. The summed E-state index contributed by atoms with van der Waals surface area (Å²) in [5.41, 5.74) is 3.13. The zero-order valence-corrected chi connectivity index (χ0v) is 15.9. The van der Waals surface area contributed by atoms with Gasteiger partial charge in [-0.15, -0.1) is 0 Å². The van der Waals surface area contributed by atoms with Gasteiger partial charge < -0.3 is 15.0 Å². The van der Waals surface area contributed by atoms with Crippen LogP contribution in [0.1, 0.15) is 31.4 Å². The number of nitrogens with zero attached hydrogens (tertiary/aromatic N) is 3. The molecule has 3 rings (SSSR count). The number of benzene rings is 1. The van der Waals surface area contributed by atoms with Crippen LogP contribution in [-0.4, -0.2) is 62.2 Å². The first kappa shape index (κ1) is 18.2. The van der Waals surface area contributed by atoms with Crippen LogP contribution in [0.3, 0.4) is 0 Å². The van der Waals surface area contributed by atoms with Crippen molar-refractivity contribution in [2.24, 2.45) is 10.4 Å². The number of hydrogen-bond donors (Lipinski definition) is 1. The molecule has 2 aliphatic heterocycles. The number of guanidine groups is 1. The Bertz CT molecular complexity index is 593.